The summed E-state index contributed by atoms with van der Waals surface area (Å²) in [6.45, 7) is 1.88. The SMILES string of the molecule is Cl.Cl.O=C(N[C@H]1CCCNC1)c1cncc(-c2ccccc2)c1. The van der Waals surface area contributed by atoms with Gasteiger partial charge >= 0.3 is 0 Å². The number of amides is 1. The second-order valence-electron chi connectivity index (χ2n) is 5.35. The van der Waals surface area contributed by atoms with Crippen molar-refractivity contribution >= 4 is 30.7 Å². The van der Waals surface area contributed by atoms with Crippen molar-refractivity contribution in [3.8, 4) is 11.1 Å². The first kappa shape index (κ1) is 19.4. The molecular weight excluding hydrogens is 333 g/mol. The lowest BCUT2D eigenvalue weighted by atomic mass is 10.0. The van der Waals surface area contributed by atoms with Crippen molar-refractivity contribution in [1.29, 1.82) is 0 Å². The van der Waals surface area contributed by atoms with E-state index in [1.165, 1.54) is 0 Å². The van der Waals surface area contributed by atoms with Gasteiger partial charge in [0.25, 0.3) is 5.91 Å². The van der Waals surface area contributed by atoms with E-state index in [0.29, 0.717) is 5.56 Å². The van der Waals surface area contributed by atoms with Crippen LogP contribution in [0.5, 0.6) is 0 Å². The van der Waals surface area contributed by atoms with E-state index in [9.17, 15) is 4.79 Å². The van der Waals surface area contributed by atoms with Crippen LogP contribution in [0.3, 0.4) is 0 Å². The maximum absolute atomic E-state index is 12.3. The minimum Gasteiger partial charge on any atom is -0.348 e. The Morgan fingerprint density at radius 3 is 2.61 bits per heavy atom. The van der Waals surface area contributed by atoms with Gasteiger partial charge in [0.2, 0.25) is 0 Å². The number of carbonyl (C=O) groups excluding carboxylic acids is 1. The molecule has 1 aromatic heterocycles. The average Bonchev–Trinajstić information content (AvgIpc) is 2.57. The van der Waals surface area contributed by atoms with Crippen LogP contribution < -0.4 is 10.6 Å². The van der Waals surface area contributed by atoms with Crippen LogP contribution in [-0.2, 0) is 0 Å². The fourth-order valence-electron chi connectivity index (χ4n) is 2.60. The number of rotatable bonds is 3. The molecule has 124 valence electrons. The molecule has 2 aromatic rings. The molecule has 2 N–H and O–H groups in total. The van der Waals surface area contributed by atoms with E-state index in [1.54, 1.807) is 12.4 Å². The van der Waals surface area contributed by atoms with Gasteiger partial charge in [0.05, 0.1) is 5.56 Å². The van der Waals surface area contributed by atoms with E-state index in [0.717, 1.165) is 37.1 Å². The van der Waals surface area contributed by atoms with E-state index in [-0.39, 0.29) is 36.8 Å². The normalized spacial score (nSPS) is 16.6. The molecule has 0 aliphatic carbocycles. The molecular formula is C17H21Cl2N3O. The Morgan fingerprint density at radius 1 is 1.13 bits per heavy atom. The lowest BCUT2D eigenvalue weighted by molar-refractivity contribution is 0.0930. The third-order valence-electron chi connectivity index (χ3n) is 3.74. The third kappa shape index (κ3) is 5.20. The Kier molecular flexibility index (Phi) is 8.03. The van der Waals surface area contributed by atoms with E-state index in [1.807, 2.05) is 36.4 Å². The van der Waals surface area contributed by atoms with Crippen LogP contribution >= 0.6 is 24.8 Å². The number of benzene rings is 1. The third-order valence-corrected chi connectivity index (χ3v) is 3.74. The van der Waals surface area contributed by atoms with Crippen molar-refractivity contribution in [3.05, 3.63) is 54.4 Å². The maximum Gasteiger partial charge on any atom is 0.253 e. The lowest BCUT2D eigenvalue weighted by Gasteiger charge is -2.23. The van der Waals surface area contributed by atoms with Crippen molar-refractivity contribution in [3.63, 3.8) is 0 Å². The number of nitrogens with zero attached hydrogens (tertiary/aromatic N) is 1. The van der Waals surface area contributed by atoms with Crippen molar-refractivity contribution in [2.45, 2.75) is 18.9 Å². The molecule has 1 amide bonds. The standard InChI is InChI=1S/C17H19N3O.2ClH/c21-17(20-16-7-4-8-18-12-16)15-9-14(10-19-11-15)13-5-2-1-3-6-13;;/h1-3,5-6,9-11,16,18H,4,7-8,12H2,(H,20,21);2*1H/t16-;;/m0../s1. The predicted octanol–water partition coefficient (Wildman–Crippen LogP) is 3.07. The molecule has 3 rings (SSSR count). The highest BCUT2D eigenvalue weighted by atomic mass is 35.5. The zero-order chi connectivity index (χ0) is 14.5. The van der Waals surface area contributed by atoms with Crippen molar-refractivity contribution in [2.75, 3.05) is 13.1 Å². The van der Waals surface area contributed by atoms with Gasteiger partial charge in [0.1, 0.15) is 0 Å². The van der Waals surface area contributed by atoms with Gasteiger partial charge in [-0.15, -0.1) is 24.8 Å². The number of pyridine rings is 1. The van der Waals surface area contributed by atoms with Gasteiger partial charge in [-0.1, -0.05) is 30.3 Å². The zero-order valence-corrected chi connectivity index (χ0v) is 14.3. The summed E-state index contributed by atoms with van der Waals surface area (Å²) in [4.78, 5) is 16.5. The minimum absolute atomic E-state index is 0. The smallest absolute Gasteiger partial charge is 0.253 e. The molecule has 1 aliphatic rings. The Bertz CT molecular complexity index is 616. The summed E-state index contributed by atoms with van der Waals surface area (Å²) < 4.78 is 0. The second kappa shape index (κ2) is 9.50. The first-order valence-electron chi connectivity index (χ1n) is 7.35. The molecule has 0 bridgehead atoms. The molecule has 1 fully saturated rings. The van der Waals surface area contributed by atoms with Crippen LogP contribution in [0.2, 0.25) is 0 Å². The Balaban J connectivity index is 0.00000132. The summed E-state index contributed by atoms with van der Waals surface area (Å²) in [6, 6.07) is 12.1. The summed E-state index contributed by atoms with van der Waals surface area (Å²) in [7, 11) is 0. The van der Waals surface area contributed by atoms with Crippen LogP contribution in [-0.4, -0.2) is 30.0 Å². The van der Waals surface area contributed by atoms with Crippen LogP contribution in [0.4, 0.5) is 0 Å². The molecule has 6 heteroatoms. The van der Waals surface area contributed by atoms with Gasteiger partial charge in [0.15, 0.2) is 0 Å². The summed E-state index contributed by atoms with van der Waals surface area (Å²) in [5, 5.41) is 6.37. The molecule has 0 spiro atoms. The Morgan fingerprint density at radius 2 is 1.91 bits per heavy atom. The molecule has 2 heterocycles. The van der Waals surface area contributed by atoms with Gasteiger partial charge in [0, 0.05) is 30.5 Å². The number of hydrogen-bond acceptors (Lipinski definition) is 3. The minimum atomic E-state index is -0.0472. The number of piperidine rings is 1. The number of halogens is 2. The highest BCUT2D eigenvalue weighted by Gasteiger charge is 2.16. The van der Waals surface area contributed by atoms with Gasteiger partial charge < -0.3 is 10.6 Å². The Hall–Kier alpha value is -1.62. The number of nitrogens with one attached hydrogen (secondary N) is 2. The van der Waals surface area contributed by atoms with E-state index in [2.05, 4.69) is 15.6 Å². The van der Waals surface area contributed by atoms with E-state index >= 15 is 0 Å². The lowest BCUT2D eigenvalue weighted by Crippen LogP contribution is -2.45. The predicted molar refractivity (Wildman–Crippen MR) is 97.5 cm³/mol. The molecule has 1 saturated heterocycles. The van der Waals surface area contributed by atoms with Crippen LogP contribution in [0.15, 0.2) is 48.8 Å². The molecule has 1 atom stereocenters. The average molecular weight is 354 g/mol. The zero-order valence-electron chi connectivity index (χ0n) is 12.7. The fourth-order valence-corrected chi connectivity index (χ4v) is 2.60. The largest absolute Gasteiger partial charge is 0.348 e. The van der Waals surface area contributed by atoms with Gasteiger partial charge in [-0.05, 0) is 31.0 Å². The molecule has 0 saturated carbocycles. The fraction of sp³-hybridized carbons (Fsp3) is 0.294. The topological polar surface area (TPSA) is 54.0 Å². The quantitative estimate of drug-likeness (QED) is 0.891. The monoisotopic (exact) mass is 353 g/mol. The number of carbonyl (C=O) groups is 1. The van der Waals surface area contributed by atoms with E-state index in [4.69, 9.17) is 0 Å². The summed E-state index contributed by atoms with van der Waals surface area (Å²) in [6.07, 6.45) is 5.55. The van der Waals surface area contributed by atoms with E-state index < -0.39 is 0 Å². The highest BCUT2D eigenvalue weighted by molar-refractivity contribution is 5.95. The van der Waals surface area contributed by atoms with Crippen molar-refractivity contribution in [1.82, 2.24) is 15.6 Å². The van der Waals surface area contributed by atoms with Crippen LogP contribution in [0, 0.1) is 0 Å². The first-order chi connectivity index (χ1) is 10.3. The molecule has 23 heavy (non-hydrogen) atoms. The van der Waals surface area contributed by atoms with Gasteiger partial charge in [-0.3, -0.25) is 9.78 Å². The molecule has 0 radical (unpaired) electrons. The maximum atomic E-state index is 12.3. The highest BCUT2D eigenvalue weighted by Crippen LogP contribution is 2.18. The number of aromatic nitrogens is 1. The Labute approximate surface area is 148 Å². The summed E-state index contributed by atoms with van der Waals surface area (Å²) in [5.74, 6) is -0.0472. The van der Waals surface area contributed by atoms with Crippen molar-refractivity contribution in [2.24, 2.45) is 0 Å². The number of hydrogen-bond donors (Lipinski definition) is 2. The summed E-state index contributed by atoms with van der Waals surface area (Å²) >= 11 is 0. The molecule has 0 unspecified atom stereocenters. The summed E-state index contributed by atoms with van der Waals surface area (Å²) in [5.41, 5.74) is 2.64. The second-order valence-corrected chi connectivity index (χ2v) is 5.35. The van der Waals surface area contributed by atoms with Crippen LogP contribution in [0.1, 0.15) is 23.2 Å². The first-order valence-corrected chi connectivity index (χ1v) is 7.35. The van der Waals surface area contributed by atoms with Crippen LogP contribution in [0.25, 0.3) is 11.1 Å². The van der Waals surface area contributed by atoms with Crippen molar-refractivity contribution < 1.29 is 4.79 Å². The van der Waals surface area contributed by atoms with Gasteiger partial charge in [-0.2, -0.15) is 0 Å². The molecule has 1 aromatic carbocycles. The van der Waals surface area contributed by atoms with Gasteiger partial charge in [-0.25, -0.2) is 0 Å². The molecule has 4 nitrogen and oxygen atoms in total. The molecule has 1 aliphatic heterocycles.